The number of aromatic nitrogens is 1. The minimum atomic E-state index is -0.519. The van der Waals surface area contributed by atoms with Crippen molar-refractivity contribution in [3.8, 4) is 0 Å². The fraction of sp³-hybridized carbons (Fsp3) is 0.0952. The van der Waals surface area contributed by atoms with Crippen molar-refractivity contribution in [1.29, 1.82) is 0 Å². The molecule has 152 valence electrons. The zero-order chi connectivity index (χ0) is 21.7. The number of thiazole rings is 1. The van der Waals surface area contributed by atoms with Crippen LogP contribution in [0.25, 0.3) is 6.08 Å². The third kappa shape index (κ3) is 4.95. The fourth-order valence-electron chi connectivity index (χ4n) is 2.65. The van der Waals surface area contributed by atoms with Gasteiger partial charge in [0.2, 0.25) is 11.8 Å². The first-order chi connectivity index (χ1) is 14.3. The number of nitrogens with one attached hydrogen (secondary N) is 1. The molecular formula is C21H18N4O4S. The Bertz CT molecular complexity index is 1130. The van der Waals surface area contributed by atoms with Crippen molar-refractivity contribution in [3.05, 3.63) is 81.4 Å². The Morgan fingerprint density at radius 3 is 2.60 bits per heavy atom. The Kier molecular flexibility index (Phi) is 6.33. The van der Waals surface area contributed by atoms with Crippen LogP contribution in [0.3, 0.4) is 0 Å². The number of para-hydroxylation sites is 1. The van der Waals surface area contributed by atoms with E-state index in [2.05, 4.69) is 10.3 Å². The van der Waals surface area contributed by atoms with E-state index in [0.29, 0.717) is 27.8 Å². The van der Waals surface area contributed by atoms with E-state index in [1.807, 2.05) is 30.3 Å². The van der Waals surface area contributed by atoms with E-state index < -0.39 is 10.8 Å². The maximum atomic E-state index is 12.2. The molecule has 0 unspecified atom stereocenters. The Labute approximate surface area is 176 Å². The maximum Gasteiger partial charge on any atom is 0.271 e. The van der Waals surface area contributed by atoms with Crippen molar-refractivity contribution in [2.45, 2.75) is 13.8 Å². The lowest BCUT2D eigenvalue weighted by Gasteiger charge is -2.17. The number of rotatable bonds is 6. The molecule has 0 saturated carbocycles. The zero-order valence-electron chi connectivity index (χ0n) is 16.2. The van der Waals surface area contributed by atoms with Crippen molar-refractivity contribution in [1.82, 2.24) is 4.98 Å². The second-order valence-corrected chi connectivity index (χ2v) is 7.16. The van der Waals surface area contributed by atoms with Gasteiger partial charge in [-0.2, -0.15) is 0 Å². The van der Waals surface area contributed by atoms with E-state index in [9.17, 15) is 19.7 Å². The molecule has 0 spiro atoms. The highest BCUT2D eigenvalue weighted by molar-refractivity contribution is 7.14. The molecule has 0 fully saturated rings. The molecule has 3 aromatic rings. The normalized spacial score (nSPS) is 10.7. The van der Waals surface area contributed by atoms with Crippen LogP contribution in [-0.4, -0.2) is 21.7 Å². The van der Waals surface area contributed by atoms with Gasteiger partial charge in [0.05, 0.1) is 22.0 Å². The Morgan fingerprint density at radius 2 is 1.93 bits per heavy atom. The van der Waals surface area contributed by atoms with Gasteiger partial charge in [-0.05, 0) is 30.7 Å². The molecule has 0 aliphatic carbocycles. The number of nitrogens with zero attached hydrogens (tertiary/aromatic N) is 3. The molecule has 0 saturated heterocycles. The highest BCUT2D eigenvalue weighted by Gasteiger charge is 2.17. The number of carbonyl (C=O) groups excluding carboxylic acids is 2. The molecule has 0 aliphatic heterocycles. The van der Waals surface area contributed by atoms with Gasteiger partial charge in [0.15, 0.2) is 5.13 Å². The molecule has 9 heteroatoms. The molecule has 1 heterocycles. The average molecular weight is 422 g/mol. The van der Waals surface area contributed by atoms with Crippen LogP contribution in [0.4, 0.5) is 22.2 Å². The number of anilines is 3. The van der Waals surface area contributed by atoms with Gasteiger partial charge in [0, 0.05) is 30.5 Å². The van der Waals surface area contributed by atoms with Crippen molar-refractivity contribution < 1.29 is 14.5 Å². The SMILES string of the molecule is CC(=O)N(c1ccccc1)c1nc(/C=C/C(=O)Nc2cc([N+](=O)[O-])ccc2C)cs1. The largest absolute Gasteiger partial charge is 0.322 e. The van der Waals surface area contributed by atoms with E-state index in [4.69, 9.17) is 0 Å². The van der Waals surface area contributed by atoms with Gasteiger partial charge in [-0.3, -0.25) is 24.6 Å². The van der Waals surface area contributed by atoms with Crippen LogP contribution in [0.5, 0.6) is 0 Å². The summed E-state index contributed by atoms with van der Waals surface area (Å²) in [5, 5.41) is 15.8. The summed E-state index contributed by atoms with van der Waals surface area (Å²) in [7, 11) is 0. The summed E-state index contributed by atoms with van der Waals surface area (Å²) in [4.78, 5) is 40.6. The average Bonchev–Trinajstić information content (AvgIpc) is 3.17. The predicted octanol–water partition coefficient (Wildman–Crippen LogP) is 4.70. The molecule has 0 atom stereocenters. The molecule has 30 heavy (non-hydrogen) atoms. The summed E-state index contributed by atoms with van der Waals surface area (Å²) in [6.07, 6.45) is 2.81. The van der Waals surface area contributed by atoms with E-state index in [0.717, 1.165) is 0 Å². The van der Waals surface area contributed by atoms with Gasteiger partial charge in [-0.25, -0.2) is 4.98 Å². The number of nitro benzene ring substituents is 1. The molecule has 8 nitrogen and oxygen atoms in total. The number of non-ortho nitro benzene ring substituents is 1. The highest BCUT2D eigenvalue weighted by Crippen LogP contribution is 2.29. The first-order valence-corrected chi connectivity index (χ1v) is 9.78. The highest BCUT2D eigenvalue weighted by atomic mass is 32.1. The van der Waals surface area contributed by atoms with Crippen LogP contribution in [0.15, 0.2) is 60.0 Å². The molecular weight excluding hydrogens is 404 g/mol. The Morgan fingerprint density at radius 1 is 1.20 bits per heavy atom. The van der Waals surface area contributed by atoms with E-state index in [-0.39, 0.29) is 11.6 Å². The van der Waals surface area contributed by atoms with Gasteiger partial charge < -0.3 is 5.32 Å². The number of hydrogen-bond acceptors (Lipinski definition) is 6. The van der Waals surface area contributed by atoms with Crippen molar-refractivity contribution >= 4 is 51.4 Å². The minimum Gasteiger partial charge on any atom is -0.322 e. The lowest BCUT2D eigenvalue weighted by atomic mass is 10.2. The van der Waals surface area contributed by atoms with E-state index in [1.165, 1.54) is 47.4 Å². The molecule has 2 amide bonds. The number of hydrogen-bond donors (Lipinski definition) is 1. The summed E-state index contributed by atoms with van der Waals surface area (Å²) in [5.74, 6) is -0.621. The fourth-order valence-corrected chi connectivity index (χ4v) is 3.51. The zero-order valence-corrected chi connectivity index (χ0v) is 17.1. The summed E-state index contributed by atoms with van der Waals surface area (Å²) in [5.41, 5.74) is 2.19. The molecule has 2 aromatic carbocycles. The van der Waals surface area contributed by atoms with E-state index >= 15 is 0 Å². The molecule has 1 aromatic heterocycles. The van der Waals surface area contributed by atoms with Crippen LogP contribution < -0.4 is 10.2 Å². The van der Waals surface area contributed by atoms with Crippen LogP contribution in [0.2, 0.25) is 0 Å². The monoisotopic (exact) mass is 422 g/mol. The number of carbonyl (C=O) groups is 2. The van der Waals surface area contributed by atoms with Crippen LogP contribution >= 0.6 is 11.3 Å². The van der Waals surface area contributed by atoms with Gasteiger partial charge in [-0.15, -0.1) is 11.3 Å². The number of amides is 2. The van der Waals surface area contributed by atoms with Crippen LogP contribution in [0, 0.1) is 17.0 Å². The van der Waals surface area contributed by atoms with Gasteiger partial charge in [0.25, 0.3) is 5.69 Å². The van der Waals surface area contributed by atoms with Crippen molar-refractivity contribution in [2.75, 3.05) is 10.2 Å². The Hall–Kier alpha value is -3.85. The molecule has 3 rings (SSSR count). The molecule has 0 bridgehead atoms. The predicted molar refractivity (Wildman–Crippen MR) is 117 cm³/mol. The smallest absolute Gasteiger partial charge is 0.271 e. The van der Waals surface area contributed by atoms with Crippen LogP contribution in [0.1, 0.15) is 18.2 Å². The topological polar surface area (TPSA) is 105 Å². The quantitative estimate of drug-likeness (QED) is 0.352. The molecule has 0 aliphatic rings. The standard InChI is InChI=1S/C21H18N4O4S/c1-14-8-10-18(25(28)29)12-19(14)23-20(27)11-9-16-13-30-21(22-16)24(15(2)26)17-6-4-3-5-7-17/h3-13H,1-2H3,(H,23,27)/b11-9+. The lowest BCUT2D eigenvalue weighted by Crippen LogP contribution is -2.22. The third-order valence-electron chi connectivity index (χ3n) is 4.13. The van der Waals surface area contributed by atoms with Gasteiger partial charge in [-0.1, -0.05) is 24.3 Å². The summed E-state index contributed by atoms with van der Waals surface area (Å²) < 4.78 is 0. The number of benzene rings is 2. The van der Waals surface area contributed by atoms with E-state index in [1.54, 1.807) is 18.4 Å². The summed E-state index contributed by atoms with van der Waals surface area (Å²) >= 11 is 1.28. The number of aryl methyl sites for hydroxylation is 1. The maximum absolute atomic E-state index is 12.2. The summed E-state index contributed by atoms with van der Waals surface area (Å²) in [6, 6.07) is 13.4. The third-order valence-corrected chi connectivity index (χ3v) is 4.97. The molecule has 0 radical (unpaired) electrons. The Balaban J connectivity index is 1.74. The minimum absolute atomic E-state index is 0.103. The summed E-state index contributed by atoms with van der Waals surface area (Å²) in [6.45, 7) is 3.20. The second kappa shape index (κ2) is 9.10. The first kappa shape index (κ1) is 20.9. The lowest BCUT2D eigenvalue weighted by molar-refractivity contribution is -0.384. The first-order valence-electron chi connectivity index (χ1n) is 8.90. The van der Waals surface area contributed by atoms with Crippen molar-refractivity contribution in [3.63, 3.8) is 0 Å². The number of nitro groups is 1. The molecule has 1 N–H and O–H groups in total. The second-order valence-electron chi connectivity index (χ2n) is 6.32. The van der Waals surface area contributed by atoms with Crippen molar-refractivity contribution in [2.24, 2.45) is 0 Å². The van der Waals surface area contributed by atoms with Gasteiger partial charge >= 0.3 is 0 Å². The van der Waals surface area contributed by atoms with Gasteiger partial charge in [0.1, 0.15) is 0 Å². The van der Waals surface area contributed by atoms with Crippen LogP contribution in [-0.2, 0) is 9.59 Å².